The van der Waals surface area contributed by atoms with Crippen molar-refractivity contribution in [1.82, 2.24) is 14.1 Å². The molecule has 0 aliphatic rings. The van der Waals surface area contributed by atoms with Crippen molar-refractivity contribution in [2.45, 2.75) is 26.4 Å². The number of fused-ring (bicyclic) bond motifs is 1. The lowest BCUT2D eigenvalue weighted by Crippen LogP contribution is -2.08. The van der Waals surface area contributed by atoms with E-state index in [-0.39, 0.29) is 0 Å². The first-order valence-electron chi connectivity index (χ1n) is 6.69. The van der Waals surface area contributed by atoms with Crippen molar-refractivity contribution in [1.29, 1.82) is 5.26 Å². The first kappa shape index (κ1) is 12.5. The highest BCUT2D eigenvalue weighted by molar-refractivity contribution is 5.81. The number of benzene rings is 1. The van der Waals surface area contributed by atoms with Crippen LogP contribution >= 0.6 is 0 Å². The first-order chi connectivity index (χ1) is 9.69. The minimum atomic E-state index is 0.393. The summed E-state index contributed by atoms with van der Waals surface area (Å²) in [7, 11) is 0. The summed E-state index contributed by atoms with van der Waals surface area (Å²) in [6.45, 7) is 5.05. The van der Waals surface area contributed by atoms with Crippen LogP contribution < -0.4 is 0 Å². The highest BCUT2D eigenvalue weighted by Gasteiger charge is 2.08. The van der Waals surface area contributed by atoms with Gasteiger partial charge in [-0.15, -0.1) is 0 Å². The highest BCUT2D eigenvalue weighted by Crippen LogP contribution is 2.19. The third-order valence-electron chi connectivity index (χ3n) is 3.54. The molecule has 0 saturated heterocycles. The Morgan fingerprint density at radius 1 is 1.30 bits per heavy atom. The lowest BCUT2D eigenvalue weighted by Gasteiger charge is -2.13. The van der Waals surface area contributed by atoms with E-state index in [1.165, 1.54) is 5.69 Å². The van der Waals surface area contributed by atoms with Gasteiger partial charge in [-0.1, -0.05) is 6.07 Å². The Labute approximate surface area is 117 Å². The summed E-state index contributed by atoms with van der Waals surface area (Å²) in [6, 6.07) is 10.4. The lowest BCUT2D eigenvalue weighted by atomic mass is 10.2. The summed E-state index contributed by atoms with van der Waals surface area (Å²) in [5.41, 5.74) is 2.94. The normalized spacial score (nSPS) is 11.1. The molecule has 2 heterocycles. The van der Waals surface area contributed by atoms with Gasteiger partial charge in [0, 0.05) is 24.0 Å². The number of hydrogen-bond donors (Lipinski definition) is 0. The van der Waals surface area contributed by atoms with Gasteiger partial charge >= 0.3 is 0 Å². The minimum Gasteiger partial charge on any atom is -0.341 e. The van der Waals surface area contributed by atoms with E-state index in [0.717, 1.165) is 17.4 Å². The molecule has 0 radical (unpaired) electrons. The third-order valence-corrected chi connectivity index (χ3v) is 3.54. The van der Waals surface area contributed by atoms with Gasteiger partial charge in [-0.05, 0) is 37.4 Å². The van der Waals surface area contributed by atoms with Crippen LogP contribution in [-0.4, -0.2) is 14.1 Å². The fourth-order valence-electron chi connectivity index (χ4n) is 2.49. The van der Waals surface area contributed by atoms with E-state index < -0.39 is 0 Å². The molecule has 0 saturated carbocycles. The summed E-state index contributed by atoms with van der Waals surface area (Å²) in [5.74, 6) is 0. The number of hydrogen-bond acceptors (Lipinski definition) is 2. The SMILES string of the molecule is CC(C)n1cncc1Cn1ccc2ccc(C#N)cc21. The maximum absolute atomic E-state index is 9.03. The largest absolute Gasteiger partial charge is 0.341 e. The predicted molar refractivity (Wildman–Crippen MR) is 78.4 cm³/mol. The molecule has 1 aromatic carbocycles. The van der Waals surface area contributed by atoms with Crippen LogP contribution in [0.5, 0.6) is 0 Å². The Bertz CT molecular complexity index is 786. The monoisotopic (exact) mass is 264 g/mol. The summed E-state index contributed by atoms with van der Waals surface area (Å²) >= 11 is 0. The summed E-state index contributed by atoms with van der Waals surface area (Å²) in [6.07, 6.45) is 5.83. The minimum absolute atomic E-state index is 0.393. The van der Waals surface area contributed by atoms with Crippen LogP contribution in [0.1, 0.15) is 31.1 Å². The van der Waals surface area contributed by atoms with Gasteiger partial charge in [0.1, 0.15) is 0 Å². The average molecular weight is 264 g/mol. The molecule has 0 unspecified atom stereocenters. The zero-order valence-corrected chi connectivity index (χ0v) is 11.6. The average Bonchev–Trinajstić information content (AvgIpc) is 3.06. The maximum Gasteiger partial charge on any atom is 0.0992 e. The van der Waals surface area contributed by atoms with E-state index in [4.69, 9.17) is 5.26 Å². The molecule has 0 amide bonds. The third kappa shape index (κ3) is 2.08. The van der Waals surface area contributed by atoms with Crippen LogP contribution in [0.25, 0.3) is 10.9 Å². The van der Waals surface area contributed by atoms with E-state index in [1.807, 2.05) is 30.7 Å². The molecule has 0 aliphatic heterocycles. The topological polar surface area (TPSA) is 46.5 Å². The second kappa shape index (κ2) is 4.86. The lowest BCUT2D eigenvalue weighted by molar-refractivity contribution is 0.564. The van der Waals surface area contributed by atoms with Crippen molar-refractivity contribution < 1.29 is 0 Å². The van der Waals surface area contributed by atoms with Gasteiger partial charge in [-0.2, -0.15) is 5.26 Å². The highest BCUT2D eigenvalue weighted by atomic mass is 15.1. The maximum atomic E-state index is 9.03. The number of nitrogens with zero attached hydrogens (tertiary/aromatic N) is 4. The predicted octanol–water partition coefficient (Wildman–Crippen LogP) is 3.34. The van der Waals surface area contributed by atoms with Gasteiger partial charge < -0.3 is 9.13 Å². The van der Waals surface area contributed by atoms with E-state index in [0.29, 0.717) is 11.6 Å². The van der Waals surface area contributed by atoms with Gasteiger partial charge in [0.05, 0.1) is 30.2 Å². The van der Waals surface area contributed by atoms with Gasteiger partial charge in [-0.25, -0.2) is 4.98 Å². The molecular weight excluding hydrogens is 248 g/mol. The van der Waals surface area contributed by atoms with E-state index in [2.05, 4.69) is 46.3 Å². The van der Waals surface area contributed by atoms with Crippen molar-refractivity contribution in [2.75, 3.05) is 0 Å². The fraction of sp³-hybridized carbons (Fsp3) is 0.250. The molecule has 3 aromatic rings. The van der Waals surface area contributed by atoms with Crippen molar-refractivity contribution >= 4 is 10.9 Å². The molecule has 0 aliphatic carbocycles. The molecule has 0 fully saturated rings. The Morgan fingerprint density at radius 3 is 2.90 bits per heavy atom. The van der Waals surface area contributed by atoms with Crippen molar-refractivity contribution in [3.05, 3.63) is 54.2 Å². The molecule has 0 atom stereocenters. The molecule has 100 valence electrons. The second-order valence-corrected chi connectivity index (χ2v) is 5.22. The van der Waals surface area contributed by atoms with Crippen LogP contribution in [0.4, 0.5) is 0 Å². The smallest absolute Gasteiger partial charge is 0.0992 e. The van der Waals surface area contributed by atoms with E-state index in [9.17, 15) is 0 Å². The van der Waals surface area contributed by atoms with E-state index >= 15 is 0 Å². The number of rotatable bonds is 3. The molecule has 0 spiro atoms. The standard InChI is InChI=1S/C16H16N4/c1-12(2)20-11-18-9-15(20)10-19-6-5-14-4-3-13(8-17)7-16(14)19/h3-7,9,11-12H,10H2,1-2H3. The van der Waals surface area contributed by atoms with Crippen molar-refractivity contribution in [2.24, 2.45) is 0 Å². The fourth-order valence-corrected chi connectivity index (χ4v) is 2.49. The Morgan fingerprint density at radius 2 is 2.15 bits per heavy atom. The van der Waals surface area contributed by atoms with Crippen LogP contribution in [0, 0.1) is 11.3 Å². The van der Waals surface area contributed by atoms with Crippen LogP contribution in [-0.2, 0) is 6.54 Å². The molecule has 4 nitrogen and oxygen atoms in total. The Kier molecular flexibility index (Phi) is 3.03. The van der Waals surface area contributed by atoms with Gasteiger partial charge in [0.2, 0.25) is 0 Å². The molecule has 0 N–H and O–H groups in total. The Balaban J connectivity index is 2.02. The van der Waals surface area contributed by atoms with Crippen LogP contribution in [0.15, 0.2) is 43.0 Å². The van der Waals surface area contributed by atoms with Crippen LogP contribution in [0.3, 0.4) is 0 Å². The number of aromatic nitrogens is 3. The number of nitriles is 1. The molecular formula is C16H16N4. The molecule has 2 aromatic heterocycles. The van der Waals surface area contributed by atoms with Crippen LogP contribution in [0.2, 0.25) is 0 Å². The number of imidazole rings is 1. The molecule has 3 rings (SSSR count). The summed E-state index contributed by atoms with van der Waals surface area (Å²) in [5, 5.41) is 10.2. The summed E-state index contributed by atoms with van der Waals surface area (Å²) < 4.78 is 4.33. The quantitative estimate of drug-likeness (QED) is 0.728. The van der Waals surface area contributed by atoms with Crippen molar-refractivity contribution in [3.63, 3.8) is 0 Å². The summed E-state index contributed by atoms with van der Waals surface area (Å²) in [4.78, 5) is 4.23. The molecule has 4 heteroatoms. The Hall–Kier alpha value is -2.54. The first-order valence-corrected chi connectivity index (χ1v) is 6.69. The molecule has 0 bridgehead atoms. The zero-order chi connectivity index (χ0) is 14.1. The molecule has 20 heavy (non-hydrogen) atoms. The van der Waals surface area contributed by atoms with Gasteiger partial charge in [-0.3, -0.25) is 0 Å². The van der Waals surface area contributed by atoms with Gasteiger partial charge in [0.25, 0.3) is 0 Å². The zero-order valence-electron chi connectivity index (χ0n) is 11.6. The second-order valence-electron chi connectivity index (χ2n) is 5.22. The van der Waals surface area contributed by atoms with Gasteiger partial charge in [0.15, 0.2) is 0 Å². The van der Waals surface area contributed by atoms with E-state index in [1.54, 1.807) is 0 Å². The van der Waals surface area contributed by atoms with Crippen molar-refractivity contribution in [3.8, 4) is 6.07 Å².